The molecule has 0 bridgehead atoms. The van der Waals surface area contributed by atoms with E-state index in [9.17, 15) is 4.79 Å². The third-order valence-corrected chi connectivity index (χ3v) is 5.09. The summed E-state index contributed by atoms with van der Waals surface area (Å²) in [4.78, 5) is 15.1. The molecule has 0 aliphatic carbocycles. The second kappa shape index (κ2) is 7.70. The van der Waals surface area contributed by atoms with Crippen molar-refractivity contribution in [1.82, 2.24) is 20.4 Å². The molecule has 1 aliphatic rings. The van der Waals surface area contributed by atoms with Crippen molar-refractivity contribution in [1.29, 1.82) is 0 Å². The van der Waals surface area contributed by atoms with E-state index in [0.29, 0.717) is 12.2 Å². The maximum Gasteiger partial charge on any atom is 0.272 e. The molecular formula is C21H24N4O. The zero-order valence-electron chi connectivity index (χ0n) is 14.9. The molecule has 1 saturated heterocycles. The van der Waals surface area contributed by atoms with Gasteiger partial charge in [0.05, 0.1) is 5.52 Å². The molecular weight excluding hydrogens is 324 g/mol. The minimum absolute atomic E-state index is 0.143. The van der Waals surface area contributed by atoms with E-state index in [2.05, 4.69) is 38.6 Å². The van der Waals surface area contributed by atoms with Crippen molar-refractivity contribution in [3.63, 3.8) is 0 Å². The molecule has 2 heterocycles. The number of rotatable bonds is 5. The van der Waals surface area contributed by atoms with E-state index in [1.54, 1.807) is 0 Å². The Morgan fingerprint density at radius 3 is 2.58 bits per heavy atom. The summed E-state index contributed by atoms with van der Waals surface area (Å²) in [6.45, 7) is 3.81. The minimum Gasteiger partial charge on any atom is -0.347 e. The van der Waals surface area contributed by atoms with Gasteiger partial charge in [-0.2, -0.15) is 5.10 Å². The quantitative estimate of drug-likeness (QED) is 0.742. The topological polar surface area (TPSA) is 61.0 Å². The Kier molecular flexibility index (Phi) is 4.97. The first-order valence-electron chi connectivity index (χ1n) is 9.32. The van der Waals surface area contributed by atoms with Crippen LogP contribution in [0.2, 0.25) is 0 Å². The summed E-state index contributed by atoms with van der Waals surface area (Å²) in [5, 5.41) is 11.0. The fraction of sp³-hybridized carbons (Fsp3) is 0.333. The van der Waals surface area contributed by atoms with E-state index < -0.39 is 0 Å². The normalized spacial score (nSPS) is 15.2. The van der Waals surface area contributed by atoms with E-state index in [1.165, 1.54) is 43.5 Å². The number of nitrogens with one attached hydrogen (secondary N) is 2. The number of carbonyl (C=O) groups is 1. The zero-order chi connectivity index (χ0) is 17.8. The zero-order valence-corrected chi connectivity index (χ0v) is 14.9. The average Bonchev–Trinajstić information content (AvgIpc) is 3.12. The van der Waals surface area contributed by atoms with Gasteiger partial charge < -0.3 is 5.32 Å². The van der Waals surface area contributed by atoms with Crippen molar-refractivity contribution >= 4 is 16.8 Å². The highest BCUT2D eigenvalue weighted by atomic mass is 16.1. The molecule has 5 nitrogen and oxygen atoms in total. The number of amides is 1. The number of hydrogen-bond donors (Lipinski definition) is 2. The van der Waals surface area contributed by atoms with Gasteiger partial charge in [-0.05, 0) is 43.1 Å². The Morgan fingerprint density at radius 1 is 1.00 bits per heavy atom. The van der Waals surface area contributed by atoms with Gasteiger partial charge in [-0.25, -0.2) is 0 Å². The lowest BCUT2D eigenvalue weighted by Crippen LogP contribution is -2.30. The molecule has 0 spiro atoms. The second-order valence-corrected chi connectivity index (χ2v) is 6.91. The number of carbonyl (C=O) groups excluding carboxylic acids is 1. The van der Waals surface area contributed by atoms with Crippen LogP contribution in [-0.4, -0.2) is 34.1 Å². The average molecular weight is 348 g/mol. The molecule has 0 saturated carbocycles. The van der Waals surface area contributed by atoms with E-state index in [0.717, 1.165) is 17.4 Å². The van der Waals surface area contributed by atoms with Gasteiger partial charge in [-0.15, -0.1) is 0 Å². The maximum absolute atomic E-state index is 12.6. The Balaban J connectivity index is 1.45. The first-order chi connectivity index (χ1) is 12.8. The monoisotopic (exact) mass is 348 g/mol. The Labute approximate surface area is 153 Å². The molecule has 4 rings (SSSR count). The summed E-state index contributed by atoms with van der Waals surface area (Å²) >= 11 is 0. The van der Waals surface area contributed by atoms with E-state index in [-0.39, 0.29) is 5.91 Å². The lowest BCUT2D eigenvalue weighted by atomic mass is 10.0. The highest BCUT2D eigenvalue weighted by Gasteiger charge is 2.15. The van der Waals surface area contributed by atoms with Crippen LogP contribution in [0.25, 0.3) is 10.9 Å². The van der Waals surface area contributed by atoms with Gasteiger partial charge >= 0.3 is 0 Å². The fourth-order valence-electron chi connectivity index (χ4n) is 3.64. The van der Waals surface area contributed by atoms with E-state index >= 15 is 0 Å². The van der Waals surface area contributed by atoms with Crippen molar-refractivity contribution in [3.8, 4) is 0 Å². The number of nitrogens with zero attached hydrogens (tertiary/aromatic N) is 2. The largest absolute Gasteiger partial charge is 0.347 e. The van der Waals surface area contributed by atoms with Crippen LogP contribution in [-0.2, 0) is 13.1 Å². The smallest absolute Gasteiger partial charge is 0.272 e. The van der Waals surface area contributed by atoms with E-state index in [1.807, 2.05) is 30.3 Å². The highest BCUT2D eigenvalue weighted by molar-refractivity contribution is 6.04. The molecule has 0 atom stereocenters. The van der Waals surface area contributed by atoms with Crippen molar-refractivity contribution in [2.45, 2.75) is 32.4 Å². The van der Waals surface area contributed by atoms with Crippen LogP contribution in [0.5, 0.6) is 0 Å². The number of likely N-dealkylation sites (tertiary alicyclic amines) is 1. The predicted molar refractivity (Wildman–Crippen MR) is 103 cm³/mol. The molecule has 0 unspecified atom stereocenters. The lowest BCUT2D eigenvalue weighted by molar-refractivity contribution is 0.0947. The van der Waals surface area contributed by atoms with Crippen molar-refractivity contribution < 1.29 is 4.79 Å². The van der Waals surface area contributed by atoms with Crippen LogP contribution in [0.4, 0.5) is 0 Å². The van der Waals surface area contributed by atoms with Crippen LogP contribution in [0.15, 0.2) is 48.5 Å². The number of aromatic nitrogens is 2. The summed E-state index contributed by atoms with van der Waals surface area (Å²) < 4.78 is 0. The highest BCUT2D eigenvalue weighted by Crippen LogP contribution is 2.17. The van der Waals surface area contributed by atoms with Crippen LogP contribution >= 0.6 is 0 Å². The first kappa shape index (κ1) is 16.8. The predicted octanol–water partition coefficient (Wildman–Crippen LogP) is 3.48. The Morgan fingerprint density at radius 2 is 1.73 bits per heavy atom. The molecule has 1 aromatic heterocycles. The molecule has 1 fully saturated rings. The first-order valence-corrected chi connectivity index (χ1v) is 9.32. The number of benzene rings is 2. The number of fused-ring (bicyclic) bond motifs is 1. The lowest BCUT2D eigenvalue weighted by Gasteiger charge is -2.27. The van der Waals surface area contributed by atoms with Gasteiger partial charge in [0.1, 0.15) is 0 Å². The summed E-state index contributed by atoms with van der Waals surface area (Å²) in [5.74, 6) is -0.143. The van der Waals surface area contributed by atoms with Crippen LogP contribution < -0.4 is 5.32 Å². The van der Waals surface area contributed by atoms with Gasteiger partial charge in [-0.3, -0.25) is 14.8 Å². The van der Waals surface area contributed by atoms with Crippen molar-refractivity contribution in [3.05, 3.63) is 65.4 Å². The summed E-state index contributed by atoms with van der Waals surface area (Å²) in [6, 6.07) is 16.1. The number of para-hydroxylation sites is 1. The van der Waals surface area contributed by atoms with Crippen LogP contribution in [0, 0.1) is 0 Å². The third-order valence-electron chi connectivity index (χ3n) is 5.09. The fourth-order valence-corrected chi connectivity index (χ4v) is 3.64. The SMILES string of the molecule is O=C(NCc1ccccc1CN1CCCCC1)c1n[nH]c2ccccc12. The number of H-pyrrole nitrogens is 1. The van der Waals surface area contributed by atoms with Gasteiger partial charge in [-0.1, -0.05) is 48.9 Å². The van der Waals surface area contributed by atoms with Crippen LogP contribution in [0.1, 0.15) is 40.9 Å². The molecule has 1 amide bonds. The number of hydrogen-bond acceptors (Lipinski definition) is 3. The van der Waals surface area contributed by atoms with Gasteiger partial charge in [0.2, 0.25) is 0 Å². The molecule has 0 radical (unpaired) electrons. The molecule has 3 aromatic rings. The van der Waals surface area contributed by atoms with Gasteiger partial charge in [0.25, 0.3) is 5.91 Å². The standard InChI is InChI=1S/C21H24N4O/c26-21(20-18-10-4-5-11-19(18)23-24-20)22-14-16-8-2-3-9-17(16)15-25-12-6-1-7-13-25/h2-5,8-11H,1,6-7,12-15H2,(H,22,26)(H,23,24). The van der Waals surface area contributed by atoms with E-state index in [4.69, 9.17) is 0 Å². The van der Waals surface area contributed by atoms with Gasteiger partial charge in [0.15, 0.2) is 5.69 Å². The third kappa shape index (κ3) is 3.63. The molecule has 26 heavy (non-hydrogen) atoms. The summed E-state index contributed by atoms with van der Waals surface area (Å²) in [6.07, 6.45) is 3.90. The second-order valence-electron chi connectivity index (χ2n) is 6.91. The molecule has 1 aliphatic heterocycles. The molecule has 2 N–H and O–H groups in total. The van der Waals surface area contributed by atoms with Crippen molar-refractivity contribution in [2.75, 3.05) is 13.1 Å². The number of aromatic amines is 1. The Bertz CT molecular complexity index is 896. The summed E-state index contributed by atoms with van der Waals surface area (Å²) in [7, 11) is 0. The van der Waals surface area contributed by atoms with Gasteiger partial charge in [0, 0.05) is 18.5 Å². The van der Waals surface area contributed by atoms with Crippen molar-refractivity contribution in [2.24, 2.45) is 0 Å². The molecule has 2 aromatic carbocycles. The summed E-state index contributed by atoms with van der Waals surface area (Å²) in [5.41, 5.74) is 3.80. The maximum atomic E-state index is 12.6. The Hall–Kier alpha value is -2.66. The number of piperidine rings is 1. The molecule has 134 valence electrons. The van der Waals surface area contributed by atoms with Crippen LogP contribution in [0.3, 0.4) is 0 Å². The minimum atomic E-state index is -0.143. The molecule has 5 heteroatoms.